The van der Waals surface area contributed by atoms with Gasteiger partial charge in [0.05, 0.1) is 0 Å². The molecule has 2 rings (SSSR count). The first-order chi connectivity index (χ1) is 8.40. The average Bonchev–Trinajstić information content (AvgIpc) is 2.76. The molecular formula is C9H10AlCl4N2PS. The molecule has 0 radical (unpaired) electrons. The van der Waals surface area contributed by atoms with Crippen molar-refractivity contribution in [2.24, 2.45) is 0 Å². The molecule has 0 atom stereocenters. The summed E-state index contributed by atoms with van der Waals surface area (Å²) in [5.41, 5.74) is 1.17. The third-order valence-electron chi connectivity index (χ3n) is 1.72. The zero-order chi connectivity index (χ0) is 13.6. The van der Waals surface area contributed by atoms with E-state index in [1.807, 2.05) is 22.6 Å². The smallest absolute Gasteiger partial charge is 0.391 e. The van der Waals surface area contributed by atoms with Crippen molar-refractivity contribution in [1.82, 2.24) is 5.10 Å². The molecule has 1 aromatic carbocycles. The Kier molecular flexibility index (Phi) is 7.77. The highest BCUT2D eigenvalue weighted by atomic mass is 35.9. The van der Waals surface area contributed by atoms with Gasteiger partial charge in [0.25, 0.3) is 0 Å². The summed E-state index contributed by atoms with van der Waals surface area (Å²) in [7, 11) is 20.0. The van der Waals surface area contributed by atoms with E-state index in [2.05, 4.69) is 24.2 Å². The highest BCUT2D eigenvalue weighted by Gasteiger charge is 2.15. The number of rotatable bonds is 2. The predicted octanol–water partition coefficient (Wildman–Crippen LogP) is 4.94. The minimum absolute atomic E-state index is 1.03. The summed E-state index contributed by atoms with van der Waals surface area (Å²) >= 11 is 0. The third kappa shape index (κ3) is 7.48. The molecule has 2 nitrogen and oxygen atoms in total. The molecule has 9 heteroatoms. The molecular weight excluding hydrogens is 368 g/mol. The van der Waals surface area contributed by atoms with Gasteiger partial charge in [-0.15, -0.1) is 0 Å². The van der Waals surface area contributed by atoms with Crippen molar-refractivity contribution < 1.29 is 4.44 Å². The molecule has 18 heavy (non-hydrogen) atoms. The molecule has 0 saturated heterocycles. The van der Waals surface area contributed by atoms with Gasteiger partial charge >= 0.3 is 16.9 Å². The highest BCUT2D eigenvalue weighted by Crippen LogP contribution is 2.23. The van der Waals surface area contributed by atoms with Crippen LogP contribution in [0.15, 0.2) is 30.3 Å². The quantitative estimate of drug-likeness (QED) is 0.677. The number of aromatic nitrogens is 2. The molecule has 0 aliphatic heterocycles. The zero-order valence-electron chi connectivity index (χ0n) is 9.43. The molecule has 2 aromatic rings. The number of hydrogen-bond acceptors (Lipinski definition) is 2. The van der Waals surface area contributed by atoms with Gasteiger partial charge in [-0.1, -0.05) is 25.1 Å². The van der Waals surface area contributed by atoms with Crippen LogP contribution in [-0.4, -0.2) is 14.5 Å². The van der Waals surface area contributed by atoms with Crippen LogP contribution in [0.2, 0.25) is 0 Å². The maximum absolute atomic E-state index is 4.99. The van der Waals surface area contributed by atoms with E-state index in [1.54, 1.807) is 10.9 Å². The summed E-state index contributed by atoms with van der Waals surface area (Å²) in [5, 5.41) is 5.69. The van der Waals surface area contributed by atoms with E-state index in [0.717, 1.165) is 6.42 Å². The molecule has 0 bridgehead atoms. The Morgan fingerprint density at radius 1 is 1.22 bits per heavy atom. The molecule has 1 aromatic heterocycles. The van der Waals surface area contributed by atoms with E-state index in [4.69, 9.17) is 40.2 Å². The van der Waals surface area contributed by atoms with Crippen LogP contribution in [0.5, 0.6) is 0 Å². The summed E-state index contributed by atoms with van der Waals surface area (Å²) in [6.07, 6.45) is 1.03. The van der Waals surface area contributed by atoms with Crippen molar-refractivity contribution >= 4 is 68.1 Å². The number of aryl methyl sites for hydroxylation is 1. The van der Waals surface area contributed by atoms with Crippen molar-refractivity contribution in [2.45, 2.75) is 13.3 Å². The second-order valence-corrected chi connectivity index (χ2v) is 18.2. The molecule has 0 aliphatic carbocycles. The number of hydrogen-bond donors (Lipinski definition) is 0. The van der Waals surface area contributed by atoms with Crippen molar-refractivity contribution in [1.29, 1.82) is 0 Å². The minimum Gasteiger partial charge on any atom is -0.391 e. The van der Waals surface area contributed by atoms with Gasteiger partial charge in [0, 0.05) is 23.7 Å². The second kappa shape index (κ2) is 8.25. The summed E-state index contributed by atoms with van der Waals surface area (Å²) in [6, 6.07) is 10.3. The Labute approximate surface area is 131 Å². The topological polar surface area (TPSA) is 16.8 Å². The molecule has 0 spiro atoms. The van der Waals surface area contributed by atoms with E-state index < -0.39 is 9.39 Å². The highest BCUT2D eigenvalue weighted by molar-refractivity contribution is 7.81. The molecule has 0 N–H and O–H groups in total. The third-order valence-corrected chi connectivity index (χ3v) is 4.20. The fourth-order valence-corrected chi connectivity index (χ4v) is 3.28. The number of benzene rings is 1. The largest absolute Gasteiger partial charge is 0.564 e. The molecule has 0 unspecified atom stereocenters. The summed E-state index contributed by atoms with van der Waals surface area (Å²) < 4.78 is 2.02. The zero-order valence-corrected chi connectivity index (χ0v) is 15.3. The van der Waals surface area contributed by atoms with Crippen LogP contribution in [0, 0.1) is 0 Å². The molecule has 1 heterocycles. The van der Waals surface area contributed by atoms with Crippen LogP contribution in [0.1, 0.15) is 11.9 Å². The van der Waals surface area contributed by atoms with Crippen LogP contribution in [0.3, 0.4) is 0 Å². The van der Waals surface area contributed by atoms with Gasteiger partial charge in [-0.25, -0.2) is 0 Å². The van der Waals surface area contributed by atoms with Gasteiger partial charge < -0.3 is 40.2 Å². The fourth-order valence-electron chi connectivity index (χ4n) is 1.03. The van der Waals surface area contributed by atoms with Crippen molar-refractivity contribution in [3.63, 3.8) is 0 Å². The van der Waals surface area contributed by atoms with Crippen LogP contribution in [0.25, 0.3) is 5.69 Å². The maximum atomic E-state index is 4.99. The molecule has 0 aliphatic rings. The Morgan fingerprint density at radius 2 is 1.78 bits per heavy atom. The molecule has 0 amide bonds. The lowest BCUT2D eigenvalue weighted by Crippen LogP contribution is -2.27. The number of nitrogens with zero attached hydrogens (tertiary/aromatic N) is 2. The summed E-state index contributed by atoms with van der Waals surface area (Å²) in [4.78, 5) is 0. The first-order valence-electron chi connectivity index (χ1n) is 5.08. The van der Waals surface area contributed by atoms with E-state index in [1.165, 1.54) is 18.2 Å². The lowest BCUT2D eigenvalue weighted by atomic mass is 10.3. The molecule has 0 saturated carbocycles. The Morgan fingerprint density at radius 3 is 2.22 bits per heavy atom. The van der Waals surface area contributed by atoms with Crippen molar-refractivity contribution in [2.75, 3.05) is 0 Å². The lowest BCUT2D eigenvalue weighted by Gasteiger charge is -1.97. The normalized spacial score (nSPS) is 11.2. The standard InChI is InChI=1S/C9H10N2PS.Al.4ClH/c1-2-9-10-11(12-13-9)8-6-4-3-5-7-8;;;;;/h3-7H,2H2,1H3;;4*1H/q+1;+3;;;;/p-4. The van der Waals surface area contributed by atoms with E-state index in [0.29, 0.717) is 0 Å². The monoisotopic (exact) mass is 376 g/mol. The van der Waals surface area contributed by atoms with Gasteiger partial charge in [0.15, 0.2) is 5.01 Å². The first-order valence-corrected chi connectivity index (χ1v) is 14.3. The van der Waals surface area contributed by atoms with Crippen LogP contribution in [-0.2, 0) is 6.42 Å². The van der Waals surface area contributed by atoms with Gasteiger partial charge in [-0.3, -0.25) is 0 Å². The average molecular weight is 378 g/mol. The van der Waals surface area contributed by atoms with E-state index in [-0.39, 0.29) is 0 Å². The van der Waals surface area contributed by atoms with Crippen LogP contribution >= 0.6 is 58.7 Å². The van der Waals surface area contributed by atoms with Gasteiger partial charge in [0.1, 0.15) is 0 Å². The van der Waals surface area contributed by atoms with E-state index >= 15 is 0 Å². The molecule has 98 valence electrons. The van der Waals surface area contributed by atoms with E-state index in [9.17, 15) is 0 Å². The first kappa shape index (κ1) is 17.0. The Bertz CT molecular complexity index is 471. The molecule has 0 fully saturated rings. The summed E-state index contributed by atoms with van der Waals surface area (Å²) in [5.74, 6) is 0. The van der Waals surface area contributed by atoms with Gasteiger partial charge in [-0.2, -0.15) is 0 Å². The summed E-state index contributed by atoms with van der Waals surface area (Å²) in [6.45, 7) is 2.13. The Hall–Kier alpha value is 0.902. The van der Waals surface area contributed by atoms with Gasteiger partial charge in [0.2, 0.25) is 5.69 Å². The van der Waals surface area contributed by atoms with Crippen LogP contribution in [0.4, 0.5) is 0 Å². The number of halogens is 4. The van der Waals surface area contributed by atoms with Gasteiger partial charge in [-0.05, 0) is 15.4 Å². The fraction of sp³-hybridized carbons (Fsp3) is 0.222. The van der Waals surface area contributed by atoms with Crippen LogP contribution < -0.4 is 4.44 Å². The Balaban J connectivity index is 0.000000280. The SMILES string of the molecule is CCc1n[n+](-c2ccccc2)ps1.[Cl][Al-]([Cl])([Cl])[Cl]. The number of para-hydroxylation sites is 1. The predicted molar refractivity (Wildman–Crippen MR) is 84.7 cm³/mol. The lowest BCUT2D eigenvalue weighted by molar-refractivity contribution is -0.586. The minimum atomic E-state index is -2.94. The maximum Gasteiger partial charge on any atom is 0.564 e. The van der Waals surface area contributed by atoms with Crippen molar-refractivity contribution in [3.05, 3.63) is 35.3 Å². The van der Waals surface area contributed by atoms with Crippen molar-refractivity contribution in [3.8, 4) is 5.69 Å². The second-order valence-electron chi connectivity index (χ2n) is 3.14.